The van der Waals surface area contributed by atoms with Gasteiger partial charge in [-0.3, -0.25) is 9.10 Å². The maximum atomic E-state index is 12.8. The van der Waals surface area contributed by atoms with Crippen molar-refractivity contribution in [2.45, 2.75) is 25.6 Å². The molecule has 0 saturated carbocycles. The summed E-state index contributed by atoms with van der Waals surface area (Å²) >= 11 is 0. The van der Waals surface area contributed by atoms with Gasteiger partial charge in [0, 0.05) is 25.9 Å². The van der Waals surface area contributed by atoms with Crippen molar-refractivity contribution in [2.24, 2.45) is 0 Å². The maximum absolute atomic E-state index is 12.8. The van der Waals surface area contributed by atoms with Crippen LogP contribution in [-0.4, -0.2) is 70.7 Å². The third-order valence-electron chi connectivity index (χ3n) is 4.80. The molecule has 27 heavy (non-hydrogen) atoms. The Morgan fingerprint density at radius 1 is 1.22 bits per heavy atom. The van der Waals surface area contributed by atoms with Gasteiger partial charge in [-0.2, -0.15) is 0 Å². The van der Waals surface area contributed by atoms with E-state index in [2.05, 4.69) is 0 Å². The summed E-state index contributed by atoms with van der Waals surface area (Å²) in [5.74, 6) is -0.391. The van der Waals surface area contributed by atoms with Crippen LogP contribution in [0.25, 0.3) is 0 Å². The Hall–Kier alpha value is -1.84. The van der Waals surface area contributed by atoms with Crippen LogP contribution < -0.4 is 9.04 Å². The second kappa shape index (κ2) is 8.04. The smallest absolute Gasteiger partial charge is 0.243 e. The second-order valence-corrected chi connectivity index (χ2v) is 8.57. The number of anilines is 1. The van der Waals surface area contributed by atoms with Gasteiger partial charge in [0.05, 0.1) is 31.8 Å². The molecule has 2 saturated heterocycles. The molecular weight excluding hydrogens is 372 g/mol. The van der Waals surface area contributed by atoms with Gasteiger partial charge >= 0.3 is 0 Å². The first-order valence-electron chi connectivity index (χ1n) is 9.10. The van der Waals surface area contributed by atoms with Gasteiger partial charge in [-0.05, 0) is 19.1 Å². The van der Waals surface area contributed by atoms with E-state index in [1.54, 1.807) is 29.2 Å². The topological polar surface area (TPSA) is 85.4 Å². The van der Waals surface area contributed by atoms with E-state index in [9.17, 15) is 13.2 Å². The van der Waals surface area contributed by atoms with Crippen LogP contribution in [0.1, 0.15) is 19.8 Å². The van der Waals surface area contributed by atoms with Gasteiger partial charge in [-0.25, -0.2) is 8.42 Å². The zero-order chi connectivity index (χ0) is 19.5. The van der Waals surface area contributed by atoms with E-state index in [1.165, 1.54) is 0 Å². The van der Waals surface area contributed by atoms with Crippen LogP contribution in [0.2, 0.25) is 0 Å². The summed E-state index contributed by atoms with van der Waals surface area (Å²) in [6, 6.07) is 6.83. The van der Waals surface area contributed by atoms with Crippen molar-refractivity contribution in [2.75, 3.05) is 50.0 Å². The quantitative estimate of drug-likeness (QED) is 0.716. The molecule has 3 rings (SSSR count). The molecule has 0 bridgehead atoms. The fourth-order valence-electron chi connectivity index (χ4n) is 3.43. The number of hydrogen-bond donors (Lipinski definition) is 0. The molecule has 1 aromatic rings. The molecule has 1 aromatic carbocycles. The lowest BCUT2D eigenvalue weighted by Gasteiger charge is -2.38. The van der Waals surface area contributed by atoms with Gasteiger partial charge in [0.2, 0.25) is 15.9 Å². The van der Waals surface area contributed by atoms with Crippen LogP contribution in [0.5, 0.6) is 5.75 Å². The Morgan fingerprint density at radius 2 is 1.85 bits per heavy atom. The Balaban J connectivity index is 1.73. The molecule has 0 unspecified atom stereocenters. The van der Waals surface area contributed by atoms with Crippen molar-refractivity contribution in [3.8, 4) is 5.75 Å². The second-order valence-electron chi connectivity index (χ2n) is 6.66. The molecule has 0 radical (unpaired) electrons. The van der Waals surface area contributed by atoms with E-state index in [4.69, 9.17) is 14.2 Å². The molecular formula is C18H26N2O6S. The Morgan fingerprint density at radius 3 is 2.44 bits per heavy atom. The number of amides is 1. The zero-order valence-corrected chi connectivity index (χ0v) is 16.5. The van der Waals surface area contributed by atoms with Crippen molar-refractivity contribution >= 4 is 21.6 Å². The van der Waals surface area contributed by atoms with Crippen molar-refractivity contribution in [3.05, 3.63) is 24.3 Å². The van der Waals surface area contributed by atoms with Gasteiger partial charge in [-0.1, -0.05) is 12.1 Å². The number of ether oxygens (including phenoxy) is 3. The molecule has 1 spiro atoms. The van der Waals surface area contributed by atoms with Gasteiger partial charge in [-0.15, -0.1) is 0 Å². The average Bonchev–Trinajstić information content (AvgIpc) is 3.08. The lowest BCUT2D eigenvalue weighted by atomic mass is 10.0. The average molecular weight is 398 g/mol. The third-order valence-corrected chi connectivity index (χ3v) is 5.93. The van der Waals surface area contributed by atoms with Crippen LogP contribution in [0.4, 0.5) is 5.69 Å². The minimum atomic E-state index is -3.66. The predicted molar refractivity (Wildman–Crippen MR) is 100 cm³/mol. The predicted octanol–water partition coefficient (Wildman–Crippen LogP) is 1.22. The first-order valence-corrected chi connectivity index (χ1v) is 10.9. The summed E-state index contributed by atoms with van der Waals surface area (Å²) in [5.41, 5.74) is 0.367. The highest BCUT2D eigenvalue weighted by Gasteiger charge is 2.41. The number of nitrogens with zero attached hydrogens (tertiary/aromatic N) is 2. The Bertz CT molecular complexity index is 766. The Kier molecular flexibility index (Phi) is 5.92. The minimum Gasteiger partial charge on any atom is -0.492 e. The summed E-state index contributed by atoms with van der Waals surface area (Å²) in [6.45, 7) is 4.05. The van der Waals surface area contributed by atoms with E-state index in [0.29, 0.717) is 57.2 Å². The molecule has 150 valence electrons. The van der Waals surface area contributed by atoms with Gasteiger partial charge in [0.1, 0.15) is 12.3 Å². The molecule has 0 aromatic heterocycles. The first-order chi connectivity index (χ1) is 12.8. The number of para-hydroxylation sites is 2. The first kappa shape index (κ1) is 19.9. The molecule has 0 atom stereocenters. The number of likely N-dealkylation sites (tertiary alicyclic amines) is 1. The van der Waals surface area contributed by atoms with Gasteiger partial charge < -0.3 is 19.1 Å². The van der Waals surface area contributed by atoms with E-state index < -0.39 is 15.8 Å². The van der Waals surface area contributed by atoms with E-state index >= 15 is 0 Å². The van der Waals surface area contributed by atoms with Crippen LogP contribution in [0.15, 0.2) is 24.3 Å². The van der Waals surface area contributed by atoms with Crippen LogP contribution in [0.3, 0.4) is 0 Å². The fourth-order valence-corrected chi connectivity index (χ4v) is 4.28. The maximum Gasteiger partial charge on any atom is 0.243 e. The van der Waals surface area contributed by atoms with Crippen molar-refractivity contribution in [3.63, 3.8) is 0 Å². The Labute approximate surface area is 160 Å². The van der Waals surface area contributed by atoms with E-state index in [1.807, 2.05) is 6.92 Å². The van der Waals surface area contributed by atoms with Crippen molar-refractivity contribution < 1.29 is 27.4 Å². The number of rotatable bonds is 6. The SMILES string of the molecule is CCOc1ccccc1N(CC(=O)N1CCC2(CC1)OCCO2)S(C)(=O)=O. The largest absolute Gasteiger partial charge is 0.492 e. The van der Waals surface area contributed by atoms with Crippen molar-refractivity contribution in [1.29, 1.82) is 0 Å². The molecule has 8 nitrogen and oxygen atoms in total. The molecule has 0 aliphatic carbocycles. The number of benzene rings is 1. The molecule has 1 amide bonds. The minimum absolute atomic E-state index is 0.250. The summed E-state index contributed by atoms with van der Waals surface area (Å²) in [5, 5.41) is 0. The molecule has 2 fully saturated rings. The molecule has 2 aliphatic heterocycles. The number of sulfonamides is 1. The highest BCUT2D eigenvalue weighted by Crippen LogP contribution is 2.32. The molecule has 2 aliphatic rings. The van der Waals surface area contributed by atoms with Crippen LogP contribution in [0, 0.1) is 0 Å². The highest BCUT2D eigenvalue weighted by molar-refractivity contribution is 7.92. The lowest BCUT2D eigenvalue weighted by Crippen LogP contribution is -2.50. The van der Waals surface area contributed by atoms with Crippen LogP contribution in [-0.2, 0) is 24.3 Å². The third kappa shape index (κ3) is 4.53. The molecule has 9 heteroatoms. The fraction of sp³-hybridized carbons (Fsp3) is 0.611. The molecule has 2 heterocycles. The number of piperidine rings is 1. The molecule has 0 N–H and O–H groups in total. The van der Waals surface area contributed by atoms with E-state index in [0.717, 1.165) is 10.6 Å². The normalized spacial score (nSPS) is 19.3. The van der Waals surface area contributed by atoms with Gasteiger partial charge in [0.25, 0.3) is 0 Å². The zero-order valence-electron chi connectivity index (χ0n) is 15.7. The number of hydrogen-bond acceptors (Lipinski definition) is 6. The lowest BCUT2D eigenvalue weighted by molar-refractivity contribution is -0.187. The standard InChI is InChI=1S/C18H26N2O6S/c1-3-24-16-7-5-4-6-15(16)20(27(2,22)23)14-17(21)19-10-8-18(9-11-19)25-12-13-26-18/h4-7H,3,8-14H2,1-2H3. The summed E-state index contributed by atoms with van der Waals surface area (Å²) in [6.07, 6.45) is 2.27. The van der Waals surface area contributed by atoms with E-state index in [-0.39, 0.29) is 12.5 Å². The van der Waals surface area contributed by atoms with Crippen LogP contribution >= 0.6 is 0 Å². The van der Waals surface area contributed by atoms with Crippen molar-refractivity contribution in [1.82, 2.24) is 4.90 Å². The summed E-state index contributed by atoms with van der Waals surface area (Å²) in [7, 11) is -3.66. The monoisotopic (exact) mass is 398 g/mol. The number of carbonyl (C=O) groups is 1. The summed E-state index contributed by atoms with van der Waals surface area (Å²) in [4.78, 5) is 14.5. The van der Waals surface area contributed by atoms with Gasteiger partial charge in [0.15, 0.2) is 5.79 Å². The summed E-state index contributed by atoms with van der Waals surface area (Å²) < 4.78 is 42.7. The number of carbonyl (C=O) groups excluding carboxylic acids is 1. The highest BCUT2D eigenvalue weighted by atomic mass is 32.2.